The second-order valence-electron chi connectivity index (χ2n) is 5.44. The molecule has 2 N–H and O–H groups in total. The van der Waals surface area contributed by atoms with Crippen molar-refractivity contribution in [1.29, 1.82) is 0 Å². The van der Waals surface area contributed by atoms with Gasteiger partial charge in [0.2, 0.25) is 0 Å². The van der Waals surface area contributed by atoms with Gasteiger partial charge in [0.05, 0.1) is 92.5 Å². The lowest BCUT2D eigenvalue weighted by Gasteiger charge is -2.08. The van der Waals surface area contributed by atoms with Crippen molar-refractivity contribution in [1.82, 2.24) is 0 Å². The summed E-state index contributed by atoms with van der Waals surface area (Å²) in [5, 5.41) is 17.0. The third-order valence-electron chi connectivity index (χ3n) is 3.16. The standard InChI is InChI=1S/C18H38O9/c19-3-7-23-11-15-25-13-9-21-5-1-2-6-22-10-14-26-17-18-27-16-12-24-8-4-20/h19-20H,1-18H2. The maximum absolute atomic E-state index is 8.52. The third-order valence-corrected chi connectivity index (χ3v) is 3.16. The average Bonchev–Trinajstić information content (AvgIpc) is 2.68. The van der Waals surface area contributed by atoms with Crippen LogP contribution in [0.1, 0.15) is 12.8 Å². The predicted molar refractivity (Wildman–Crippen MR) is 99.1 cm³/mol. The molecule has 0 aromatic heterocycles. The van der Waals surface area contributed by atoms with E-state index in [1.165, 1.54) is 0 Å². The van der Waals surface area contributed by atoms with Crippen LogP contribution in [0.5, 0.6) is 0 Å². The summed E-state index contributed by atoms with van der Waals surface area (Å²) >= 11 is 0. The van der Waals surface area contributed by atoms with Crippen LogP contribution in [0.25, 0.3) is 0 Å². The van der Waals surface area contributed by atoms with E-state index in [0.717, 1.165) is 12.8 Å². The molecule has 0 saturated carbocycles. The van der Waals surface area contributed by atoms with Gasteiger partial charge in [0.1, 0.15) is 0 Å². The van der Waals surface area contributed by atoms with Crippen molar-refractivity contribution in [3.8, 4) is 0 Å². The minimum Gasteiger partial charge on any atom is -0.394 e. The molecule has 0 fully saturated rings. The molecule has 0 amide bonds. The second-order valence-corrected chi connectivity index (χ2v) is 5.44. The number of unbranched alkanes of at least 4 members (excludes halogenated alkanes) is 1. The van der Waals surface area contributed by atoms with Crippen LogP contribution in [0.2, 0.25) is 0 Å². The Balaban J connectivity index is 2.95. The lowest BCUT2D eigenvalue weighted by atomic mass is 10.3. The molecule has 0 saturated heterocycles. The molecule has 0 radical (unpaired) electrons. The Labute approximate surface area is 162 Å². The van der Waals surface area contributed by atoms with Crippen molar-refractivity contribution in [2.45, 2.75) is 12.8 Å². The SMILES string of the molecule is OCCOCCOCCOCCCCOCCOCCOCCOCCO. The number of aliphatic hydroxyl groups is 2. The smallest absolute Gasteiger partial charge is 0.0701 e. The first-order valence-electron chi connectivity index (χ1n) is 9.67. The molecular formula is C18H38O9. The average molecular weight is 398 g/mol. The molecule has 164 valence electrons. The van der Waals surface area contributed by atoms with Crippen molar-refractivity contribution in [3.05, 3.63) is 0 Å². The van der Waals surface area contributed by atoms with Gasteiger partial charge >= 0.3 is 0 Å². The van der Waals surface area contributed by atoms with Crippen LogP contribution in [0.15, 0.2) is 0 Å². The maximum Gasteiger partial charge on any atom is 0.0701 e. The predicted octanol–water partition coefficient (Wildman–Crippen LogP) is -0.133. The van der Waals surface area contributed by atoms with E-state index in [2.05, 4.69) is 0 Å². The van der Waals surface area contributed by atoms with Crippen molar-refractivity contribution in [2.24, 2.45) is 0 Å². The molecule has 0 unspecified atom stereocenters. The number of ether oxygens (including phenoxy) is 7. The highest BCUT2D eigenvalue weighted by Gasteiger charge is 1.94. The Bertz CT molecular complexity index is 233. The van der Waals surface area contributed by atoms with Gasteiger partial charge in [0.15, 0.2) is 0 Å². The Morgan fingerprint density at radius 3 is 0.778 bits per heavy atom. The monoisotopic (exact) mass is 398 g/mol. The van der Waals surface area contributed by atoms with E-state index in [4.69, 9.17) is 43.4 Å². The molecule has 0 rings (SSSR count). The summed E-state index contributed by atoms with van der Waals surface area (Å²) < 4.78 is 37.1. The van der Waals surface area contributed by atoms with Crippen LogP contribution >= 0.6 is 0 Å². The van der Waals surface area contributed by atoms with Crippen LogP contribution in [0.4, 0.5) is 0 Å². The Hall–Kier alpha value is -0.360. The molecule has 0 aliphatic carbocycles. The summed E-state index contributed by atoms with van der Waals surface area (Å²) in [5.74, 6) is 0. The zero-order chi connectivity index (χ0) is 19.7. The molecular weight excluding hydrogens is 360 g/mol. The van der Waals surface area contributed by atoms with Crippen molar-refractivity contribution < 1.29 is 43.4 Å². The van der Waals surface area contributed by atoms with E-state index < -0.39 is 0 Å². The summed E-state index contributed by atoms with van der Waals surface area (Å²) in [7, 11) is 0. The van der Waals surface area contributed by atoms with E-state index in [1.807, 2.05) is 0 Å². The van der Waals surface area contributed by atoms with Gasteiger partial charge in [-0.15, -0.1) is 0 Å². The Morgan fingerprint density at radius 1 is 0.296 bits per heavy atom. The Morgan fingerprint density at radius 2 is 0.519 bits per heavy atom. The minimum absolute atomic E-state index is 0.0363. The summed E-state index contributed by atoms with van der Waals surface area (Å²) in [6, 6.07) is 0. The second kappa shape index (κ2) is 25.6. The van der Waals surface area contributed by atoms with Crippen LogP contribution < -0.4 is 0 Å². The lowest BCUT2D eigenvalue weighted by Crippen LogP contribution is -2.13. The molecule has 0 spiro atoms. The van der Waals surface area contributed by atoms with E-state index in [-0.39, 0.29) is 13.2 Å². The van der Waals surface area contributed by atoms with Crippen molar-refractivity contribution in [2.75, 3.05) is 106 Å². The van der Waals surface area contributed by atoms with E-state index in [1.54, 1.807) is 0 Å². The van der Waals surface area contributed by atoms with Crippen molar-refractivity contribution in [3.63, 3.8) is 0 Å². The quantitative estimate of drug-likeness (QED) is 0.215. The normalized spacial score (nSPS) is 11.3. The third kappa shape index (κ3) is 25.6. The van der Waals surface area contributed by atoms with Gasteiger partial charge in [-0.2, -0.15) is 0 Å². The Kier molecular flexibility index (Phi) is 25.3. The van der Waals surface area contributed by atoms with Crippen LogP contribution in [-0.4, -0.2) is 116 Å². The highest BCUT2D eigenvalue weighted by atomic mass is 16.6. The first-order valence-corrected chi connectivity index (χ1v) is 9.67. The molecule has 0 aliphatic heterocycles. The van der Waals surface area contributed by atoms with Gasteiger partial charge in [-0.1, -0.05) is 0 Å². The molecule has 0 aliphatic rings. The van der Waals surface area contributed by atoms with E-state index >= 15 is 0 Å². The molecule has 0 bridgehead atoms. The van der Waals surface area contributed by atoms with Gasteiger partial charge in [-0.3, -0.25) is 0 Å². The first-order chi connectivity index (χ1) is 13.4. The van der Waals surface area contributed by atoms with Gasteiger partial charge in [0.25, 0.3) is 0 Å². The number of hydrogen-bond acceptors (Lipinski definition) is 9. The summed E-state index contributed by atoms with van der Waals surface area (Å²) in [5.41, 5.74) is 0. The summed E-state index contributed by atoms with van der Waals surface area (Å²) in [6.07, 6.45) is 1.90. The molecule has 0 aromatic carbocycles. The maximum atomic E-state index is 8.52. The molecule has 9 heteroatoms. The fraction of sp³-hybridized carbons (Fsp3) is 1.00. The molecule has 0 heterocycles. The molecule has 0 atom stereocenters. The van der Waals surface area contributed by atoms with Gasteiger partial charge < -0.3 is 43.4 Å². The minimum atomic E-state index is 0.0363. The zero-order valence-corrected chi connectivity index (χ0v) is 16.5. The highest BCUT2D eigenvalue weighted by molar-refractivity contribution is 4.40. The first kappa shape index (κ1) is 26.6. The summed E-state index contributed by atoms with van der Waals surface area (Å²) in [4.78, 5) is 0. The van der Waals surface area contributed by atoms with Gasteiger partial charge in [-0.05, 0) is 12.8 Å². The highest BCUT2D eigenvalue weighted by Crippen LogP contribution is 1.92. The van der Waals surface area contributed by atoms with Crippen LogP contribution in [-0.2, 0) is 33.2 Å². The van der Waals surface area contributed by atoms with Crippen molar-refractivity contribution >= 4 is 0 Å². The van der Waals surface area contributed by atoms with Crippen LogP contribution in [0, 0.1) is 0 Å². The summed E-state index contributed by atoms with van der Waals surface area (Å²) in [6.45, 7) is 7.50. The topological polar surface area (TPSA) is 105 Å². The molecule has 27 heavy (non-hydrogen) atoms. The lowest BCUT2D eigenvalue weighted by molar-refractivity contribution is -0.00705. The number of rotatable bonds is 24. The fourth-order valence-electron chi connectivity index (χ4n) is 1.84. The fourth-order valence-corrected chi connectivity index (χ4v) is 1.84. The van der Waals surface area contributed by atoms with E-state index in [0.29, 0.717) is 92.5 Å². The zero-order valence-electron chi connectivity index (χ0n) is 16.5. The van der Waals surface area contributed by atoms with Gasteiger partial charge in [-0.25, -0.2) is 0 Å². The molecule has 9 nitrogen and oxygen atoms in total. The van der Waals surface area contributed by atoms with Gasteiger partial charge in [0, 0.05) is 13.2 Å². The number of hydrogen-bond donors (Lipinski definition) is 2. The largest absolute Gasteiger partial charge is 0.394 e. The number of aliphatic hydroxyl groups excluding tert-OH is 2. The molecule has 0 aromatic rings. The van der Waals surface area contributed by atoms with Crippen LogP contribution in [0.3, 0.4) is 0 Å². The van der Waals surface area contributed by atoms with E-state index in [9.17, 15) is 0 Å².